The molecule has 1 aromatic carbocycles. The molecule has 4 heterocycles. The molecule has 0 atom stereocenters. The normalized spacial score (nSPS) is 17.8. The highest BCUT2D eigenvalue weighted by atomic mass is 32.2. The van der Waals surface area contributed by atoms with Crippen LogP contribution in [0.1, 0.15) is 34.1 Å². The van der Waals surface area contributed by atoms with Crippen LogP contribution in [0.2, 0.25) is 0 Å². The summed E-state index contributed by atoms with van der Waals surface area (Å²) in [4.78, 5) is 10.9. The third kappa shape index (κ3) is 4.86. The van der Waals surface area contributed by atoms with Gasteiger partial charge in [-0.1, -0.05) is 13.0 Å². The minimum absolute atomic E-state index is 0.00849. The first kappa shape index (κ1) is 25.1. The van der Waals surface area contributed by atoms with Gasteiger partial charge in [0, 0.05) is 29.9 Å². The summed E-state index contributed by atoms with van der Waals surface area (Å²) in [6, 6.07) is 5.43. The molecule has 2 aromatic heterocycles. The van der Waals surface area contributed by atoms with E-state index in [9.17, 15) is 21.6 Å². The first-order chi connectivity index (χ1) is 17.0. The number of thiophene rings is 1. The number of anilines is 2. The van der Waals surface area contributed by atoms with Gasteiger partial charge in [0.05, 0.1) is 34.4 Å². The number of hydrogen-bond donors (Lipinski definition) is 1. The van der Waals surface area contributed by atoms with Crippen LogP contribution in [-0.2, 0) is 46.7 Å². The van der Waals surface area contributed by atoms with E-state index in [0.717, 1.165) is 54.7 Å². The SMILES string of the molecule is CCc1cc2c(cc1Nc1ncc(C(F)(F)F)c(-c3cc4c(s3)COCCS4(=O)=O)n1)CCN(C)C2. The minimum Gasteiger partial charge on any atom is -0.375 e. The Morgan fingerprint density at radius 1 is 1.22 bits per heavy atom. The summed E-state index contributed by atoms with van der Waals surface area (Å²) < 4.78 is 72.2. The second kappa shape index (κ2) is 9.40. The molecule has 0 unspecified atom stereocenters. The van der Waals surface area contributed by atoms with Crippen LogP contribution in [0.4, 0.5) is 24.8 Å². The molecule has 36 heavy (non-hydrogen) atoms. The van der Waals surface area contributed by atoms with Gasteiger partial charge >= 0.3 is 6.18 Å². The molecule has 12 heteroatoms. The summed E-state index contributed by atoms with van der Waals surface area (Å²) in [5.74, 6) is -0.199. The smallest absolute Gasteiger partial charge is 0.375 e. The molecule has 0 saturated carbocycles. The summed E-state index contributed by atoms with van der Waals surface area (Å²) in [6.45, 7) is 3.86. The fourth-order valence-electron chi connectivity index (χ4n) is 4.50. The Balaban J connectivity index is 1.57. The van der Waals surface area contributed by atoms with Gasteiger partial charge in [-0.3, -0.25) is 0 Å². The molecule has 0 spiro atoms. The third-order valence-corrected chi connectivity index (χ3v) is 9.40. The van der Waals surface area contributed by atoms with Gasteiger partial charge in [-0.15, -0.1) is 11.3 Å². The lowest BCUT2D eigenvalue weighted by Crippen LogP contribution is -2.26. The van der Waals surface area contributed by atoms with Gasteiger partial charge in [0.1, 0.15) is 5.56 Å². The highest BCUT2D eigenvalue weighted by Gasteiger charge is 2.37. The number of hydrogen-bond acceptors (Lipinski definition) is 8. The summed E-state index contributed by atoms with van der Waals surface area (Å²) in [7, 11) is -1.58. The first-order valence-corrected chi connectivity index (χ1v) is 14.0. The zero-order valence-electron chi connectivity index (χ0n) is 19.8. The molecule has 1 N–H and O–H groups in total. The Labute approximate surface area is 211 Å². The molecule has 0 fully saturated rings. The van der Waals surface area contributed by atoms with Crippen molar-refractivity contribution in [1.82, 2.24) is 14.9 Å². The monoisotopic (exact) mass is 538 g/mol. The van der Waals surface area contributed by atoms with E-state index in [1.165, 1.54) is 17.2 Å². The van der Waals surface area contributed by atoms with E-state index in [-0.39, 0.29) is 40.4 Å². The molecule has 0 amide bonds. The maximum Gasteiger partial charge on any atom is 0.420 e. The second-order valence-electron chi connectivity index (χ2n) is 8.97. The number of rotatable bonds is 4. The first-order valence-electron chi connectivity index (χ1n) is 11.5. The van der Waals surface area contributed by atoms with Gasteiger partial charge in [-0.2, -0.15) is 13.2 Å². The number of aryl methyl sites for hydroxylation is 1. The molecular weight excluding hydrogens is 513 g/mol. The van der Waals surface area contributed by atoms with Crippen molar-refractivity contribution in [1.29, 1.82) is 0 Å². The van der Waals surface area contributed by atoms with Crippen molar-refractivity contribution < 1.29 is 26.3 Å². The van der Waals surface area contributed by atoms with Crippen LogP contribution in [0.15, 0.2) is 29.3 Å². The number of sulfone groups is 1. The van der Waals surface area contributed by atoms with Gasteiger partial charge in [0.25, 0.3) is 0 Å². The molecule has 192 valence electrons. The van der Waals surface area contributed by atoms with E-state index < -0.39 is 21.6 Å². The number of nitrogens with zero attached hydrogens (tertiary/aromatic N) is 3. The predicted molar refractivity (Wildman–Crippen MR) is 131 cm³/mol. The van der Waals surface area contributed by atoms with Gasteiger partial charge in [0.15, 0.2) is 9.84 Å². The van der Waals surface area contributed by atoms with Crippen LogP contribution in [0.25, 0.3) is 10.6 Å². The van der Waals surface area contributed by atoms with Crippen LogP contribution in [0.3, 0.4) is 0 Å². The molecule has 0 radical (unpaired) electrons. The zero-order valence-corrected chi connectivity index (χ0v) is 21.4. The largest absolute Gasteiger partial charge is 0.420 e. The lowest BCUT2D eigenvalue weighted by molar-refractivity contribution is -0.137. The summed E-state index contributed by atoms with van der Waals surface area (Å²) in [5.41, 5.74) is 2.82. The standard InChI is InChI=1S/C24H25F3N4O3S2/c1-3-14-8-16-12-31(2)5-4-15(16)9-18(14)29-23-28-11-17(24(25,26)27)22(30-23)19-10-21-20(35-19)13-34-6-7-36(21,32)33/h8-11H,3-7,12-13H2,1-2H3,(H,28,29,30). The highest BCUT2D eigenvalue weighted by molar-refractivity contribution is 7.91. The Hall–Kier alpha value is -2.54. The summed E-state index contributed by atoms with van der Waals surface area (Å²) in [5, 5.41) is 3.12. The van der Waals surface area contributed by atoms with Crippen molar-refractivity contribution in [3.05, 3.63) is 51.5 Å². The number of likely N-dealkylation sites (N-methyl/N-ethyl adjacent to an activating group) is 1. The van der Waals surface area contributed by atoms with E-state index in [1.807, 2.05) is 13.0 Å². The average molecular weight is 539 g/mol. The van der Waals surface area contributed by atoms with Crippen LogP contribution >= 0.6 is 11.3 Å². The number of halogens is 3. The fourth-order valence-corrected chi connectivity index (χ4v) is 7.34. The van der Waals surface area contributed by atoms with Gasteiger partial charge in [0.2, 0.25) is 5.95 Å². The van der Waals surface area contributed by atoms with Crippen molar-refractivity contribution in [3.8, 4) is 10.6 Å². The van der Waals surface area contributed by atoms with E-state index in [1.54, 1.807) is 0 Å². The van der Waals surface area contributed by atoms with Crippen molar-refractivity contribution >= 4 is 32.8 Å². The molecule has 5 rings (SSSR count). The quantitative estimate of drug-likeness (QED) is 0.510. The van der Waals surface area contributed by atoms with Gasteiger partial charge < -0.3 is 15.0 Å². The van der Waals surface area contributed by atoms with E-state index in [0.29, 0.717) is 4.88 Å². The van der Waals surface area contributed by atoms with Crippen molar-refractivity contribution in [3.63, 3.8) is 0 Å². The molecule has 7 nitrogen and oxygen atoms in total. The Morgan fingerprint density at radius 3 is 2.78 bits per heavy atom. The minimum atomic E-state index is -4.71. The van der Waals surface area contributed by atoms with Crippen molar-refractivity contribution in [2.45, 2.75) is 44.0 Å². The lowest BCUT2D eigenvalue weighted by atomic mass is 9.95. The number of alkyl halides is 3. The Kier molecular flexibility index (Phi) is 6.56. The van der Waals surface area contributed by atoms with Crippen molar-refractivity contribution in [2.24, 2.45) is 0 Å². The maximum absolute atomic E-state index is 13.9. The van der Waals surface area contributed by atoms with Crippen LogP contribution in [-0.4, -0.2) is 49.2 Å². The fraction of sp³-hybridized carbons (Fsp3) is 0.417. The maximum atomic E-state index is 13.9. The predicted octanol–water partition coefficient (Wildman–Crippen LogP) is 4.82. The Bertz CT molecular complexity index is 1420. The molecule has 2 aliphatic rings. The molecule has 0 aliphatic carbocycles. The van der Waals surface area contributed by atoms with E-state index >= 15 is 0 Å². The molecule has 2 aliphatic heterocycles. The summed E-state index contributed by atoms with van der Waals surface area (Å²) in [6.07, 6.45) is -2.36. The van der Waals surface area contributed by atoms with E-state index in [2.05, 4.69) is 33.3 Å². The molecule has 3 aromatic rings. The zero-order chi connectivity index (χ0) is 25.7. The number of nitrogens with one attached hydrogen (secondary N) is 1. The molecule has 0 saturated heterocycles. The van der Waals surface area contributed by atoms with Gasteiger partial charge in [-0.25, -0.2) is 18.4 Å². The molecular formula is C24H25F3N4O3S2. The van der Waals surface area contributed by atoms with E-state index in [4.69, 9.17) is 4.74 Å². The summed E-state index contributed by atoms with van der Waals surface area (Å²) >= 11 is 0.949. The van der Waals surface area contributed by atoms with Crippen LogP contribution < -0.4 is 5.32 Å². The second-order valence-corrected chi connectivity index (χ2v) is 12.2. The number of fused-ring (bicyclic) bond motifs is 2. The van der Waals surface area contributed by atoms with Gasteiger partial charge in [-0.05, 0) is 48.7 Å². The number of ether oxygens (including phenoxy) is 1. The van der Waals surface area contributed by atoms with Crippen LogP contribution in [0.5, 0.6) is 0 Å². The lowest BCUT2D eigenvalue weighted by Gasteiger charge is -2.26. The Morgan fingerprint density at radius 2 is 2.03 bits per heavy atom. The number of aromatic nitrogens is 2. The third-order valence-electron chi connectivity index (χ3n) is 6.42. The topological polar surface area (TPSA) is 84.4 Å². The number of benzene rings is 1. The van der Waals surface area contributed by atoms with Crippen molar-refractivity contribution in [2.75, 3.05) is 31.3 Å². The average Bonchev–Trinajstić information content (AvgIpc) is 3.20. The molecule has 0 bridgehead atoms. The highest BCUT2D eigenvalue weighted by Crippen LogP contribution is 2.42. The van der Waals surface area contributed by atoms with Crippen LogP contribution in [0, 0.1) is 0 Å².